The van der Waals surface area contributed by atoms with Gasteiger partial charge in [-0.15, -0.1) is 0 Å². The van der Waals surface area contributed by atoms with Crippen molar-refractivity contribution < 1.29 is 19.4 Å². The molecule has 6 atom stereocenters. The number of hydrogen-bond acceptors (Lipinski definition) is 4. The van der Waals surface area contributed by atoms with Crippen LogP contribution < -0.4 is 5.32 Å². The van der Waals surface area contributed by atoms with Crippen LogP contribution in [0.15, 0.2) is 0 Å². The molecule has 3 fully saturated rings. The van der Waals surface area contributed by atoms with Crippen molar-refractivity contribution in [3.05, 3.63) is 0 Å². The predicted octanol–water partition coefficient (Wildman–Crippen LogP) is 3.36. The molecule has 0 aromatic rings. The van der Waals surface area contributed by atoms with Crippen molar-refractivity contribution >= 4 is 5.97 Å². The summed E-state index contributed by atoms with van der Waals surface area (Å²) in [7, 11) is 0. The summed E-state index contributed by atoms with van der Waals surface area (Å²) in [4.78, 5) is 10.6. The Morgan fingerprint density at radius 1 is 0.880 bits per heavy atom. The largest absolute Gasteiger partial charge is 0.481 e. The molecule has 5 heteroatoms. The fourth-order valence-electron chi connectivity index (χ4n) is 4.78. The third-order valence-electron chi connectivity index (χ3n) is 6.18. The fraction of sp³-hybridized carbons (Fsp3) is 0.950. The summed E-state index contributed by atoms with van der Waals surface area (Å²) in [5, 5.41) is 12.4. The molecular weight excluding hydrogens is 318 g/mol. The molecule has 0 unspecified atom stereocenters. The number of carbonyl (C=O) groups is 1. The standard InChI is InChI=1S/C20H35NO4/c1-2-3-4-9-12-21-13-15-14(10-7-5-6-8-11-16(22)23)17-19-20(25-19)18(15)24-17/h14-15,17-21H,2-13H2,1H3,(H,22,23)/t14-,15+,17+,18-,19-,20+/m0/s1. The molecule has 0 amide bonds. The molecular formula is C20H35NO4. The van der Waals surface area contributed by atoms with Gasteiger partial charge < -0.3 is 19.9 Å². The van der Waals surface area contributed by atoms with Crippen LogP contribution in [0.5, 0.6) is 0 Å². The highest BCUT2D eigenvalue weighted by molar-refractivity contribution is 5.66. The molecule has 3 saturated heterocycles. The van der Waals surface area contributed by atoms with Gasteiger partial charge >= 0.3 is 5.97 Å². The first-order valence-corrected chi connectivity index (χ1v) is 10.5. The van der Waals surface area contributed by atoms with Gasteiger partial charge in [0.1, 0.15) is 12.2 Å². The lowest BCUT2D eigenvalue weighted by molar-refractivity contribution is -0.137. The average molecular weight is 354 g/mol. The summed E-state index contributed by atoms with van der Waals surface area (Å²) in [6, 6.07) is 0. The highest BCUT2D eigenvalue weighted by atomic mass is 16.7. The van der Waals surface area contributed by atoms with E-state index in [1.165, 1.54) is 38.5 Å². The van der Waals surface area contributed by atoms with Crippen LogP contribution in [0.4, 0.5) is 0 Å². The first-order valence-electron chi connectivity index (χ1n) is 10.5. The molecule has 0 radical (unpaired) electrons. The molecule has 0 aromatic heterocycles. The van der Waals surface area contributed by atoms with Crippen LogP contribution in [-0.4, -0.2) is 48.6 Å². The molecule has 0 aromatic carbocycles. The molecule has 3 aliphatic heterocycles. The SMILES string of the molecule is CCCCCCNC[C@@H]1[C@H](CCCCCCC(=O)O)[C@H]2O[C@@H]1[C@H]1O[C@H]12. The second-order valence-electron chi connectivity index (χ2n) is 8.07. The third kappa shape index (κ3) is 4.95. The van der Waals surface area contributed by atoms with Gasteiger partial charge in [0.05, 0.1) is 12.2 Å². The number of epoxide rings is 1. The van der Waals surface area contributed by atoms with Crippen LogP contribution in [0.25, 0.3) is 0 Å². The van der Waals surface area contributed by atoms with Gasteiger partial charge in [-0.25, -0.2) is 0 Å². The topological polar surface area (TPSA) is 71.1 Å². The van der Waals surface area contributed by atoms with Gasteiger partial charge in [-0.2, -0.15) is 0 Å². The number of carboxylic acid groups (broad SMARTS) is 1. The summed E-state index contributed by atoms with van der Waals surface area (Å²) in [5.74, 6) is 0.541. The molecule has 3 heterocycles. The average Bonchev–Trinajstić information content (AvgIpc) is 3.22. The molecule has 5 nitrogen and oxygen atoms in total. The van der Waals surface area contributed by atoms with E-state index in [1.54, 1.807) is 0 Å². The zero-order valence-electron chi connectivity index (χ0n) is 15.6. The number of carboxylic acids is 1. The molecule has 3 aliphatic rings. The van der Waals surface area contributed by atoms with Crippen LogP contribution in [-0.2, 0) is 14.3 Å². The molecule has 25 heavy (non-hydrogen) atoms. The van der Waals surface area contributed by atoms with Crippen molar-refractivity contribution in [3.63, 3.8) is 0 Å². The summed E-state index contributed by atoms with van der Waals surface area (Å²) >= 11 is 0. The zero-order chi connectivity index (χ0) is 17.6. The Morgan fingerprint density at radius 3 is 2.32 bits per heavy atom. The van der Waals surface area contributed by atoms with Gasteiger partial charge in [-0.3, -0.25) is 4.79 Å². The van der Waals surface area contributed by atoms with Gasteiger partial charge in [0.15, 0.2) is 0 Å². The zero-order valence-corrected chi connectivity index (χ0v) is 15.6. The summed E-state index contributed by atoms with van der Waals surface area (Å²) in [6.45, 7) is 4.42. The van der Waals surface area contributed by atoms with E-state index in [0.29, 0.717) is 42.7 Å². The van der Waals surface area contributed by atoms with Crippen molar-refractivity contribution in [2.75, 3.05) is 13.1 Å². The van der Waals surface area contributed by atoms with Crippen molar-refractivity contribution in [2.45, 2.75) is 95.5 Å². The van der Waals surface area contributed by atoms with E-state index in [1.807, 2.05) is 0 Å². The number of rotatable bonds is 14. The number of unbranched alkanes of at least 4 members (excludes halogenated alkanes) is 6. The molecule has 0 saturated carbocycles. The predicted molar refractivity (Wildman–Crippen MR) is 96.7 cm³/mol. The Labute approximate surface area is 151 Å². The van der Waals surface area contributed by atoms with Gasteiger partial charge in [0.25, 0.3) is 0 Å². The summed E-state index contributed by atoms with van der Waals surface area (Å²) < 4.78 is 12.0. The monoisotopic (exact) mass is 353 g/mol. The fourth-order valence-corrected chi connectivity index (χ4v) is 4.78. The van der Waals surface area contributed by atoms with Gasteiger partial charge in [0, 0.05) is 18.9 Å². The van der Waals surface area contributed by atoms with E-state index in [0.717, 1.165) is 32.4 Å². The maximum atomic E-state index is 10.6. The van der Waals surface area contributed by atoms with Crippen LogP contribution in [0.1, 0.15) is 71.1 Å². The maximum Gasteiger partial charge on any atom is 0.303 e. The van der Waals surface area contributed by atoms with Crippen molar-refractivity contribution in [1.29, 1.82) is 0 Å². The van der Waals surface area contributed by atoms with E-state index in [9.17, 15) is 4.79 Å². The van der Waals surface area contributed by atoms with Gasteiger partial charge in [-0.05, 0) is 31.7 Å². The Hall–Kier alpha value is -0.650. The Morgan fingerprint density at radius 2 is 1.56 bits per heavy atom. The van der Waals surface area contributed by atoms with E-state index in [2.05, 4.69) is 12.2 Å². The second-order valence-corrected chi connectivity index (χ2v) is 8.07. The van der Waals surface area contributed by atoms with Crippen LogP contribution in [0, 0.1) is 11.8 Å². The number of aliphatic carboxylic acids is 1. The Kier molecular flexibility index (Phi) is 7.14. The Balaban J connectivity index is 1.34. The number of ether oxygens (including phenoxy) is 2. The first kappa shape index (κ1) is 19.1. The number of hydrogen-bond donors (Lipinski definition) is 2. The summed E-state index contributed by atoms with van der Waals surface area (Å²) in [6.07, 6.45) is 12.3. The minimum Gasteiger partial charge on any atom is -0.481 e. The highest BCUT2D eigenvalue weighted by Crippen LogP contribution is 2.54. The summed E-state index contributed by atoms with van der Waals surface area (Å²) in [5.41, 5.74) is 0. The van der Waals surface area contributed by atoms with E-state index in [4.69, 9.17) is 14.6 Å². The second kappa shape index (κ2) is 9.33. The van der Waals surface area contributed by atoms with E-state index in [-0.39, 0.29) is 0 Å². The normalized spacial score (nSPS) is 35.1. The minimum atomic E-state index is -0.677. The van der Waals surface area contributed by atoms with Crippen LogP contribution in [0.3, 0.4) is 0 Å². The quantitative estimate of drug-likeness (QED) is 0.370. The number of nitrogens with one attached hydrogen (secondary N) is 1. The lowest BCUT2D eigenvalue weighted by atomic mass is 9.76. The van der Waals surface area contributed by atoms with E-state index < -0.39 is 5.97 Å². The first-order chi connectivity index (χ1) is 12.2. The molecule has 3 rings (SSSR count). The minimum absolute atomic E-state index is 0.305. The van der Waals surface area contributed by atoms with Crippen molar-refractivity contribution in [3.8, 4) is 0 Å². The van der Waals surface area contributed by atoms with E-state index >= 15 is 0 Å². The maximum absolute atomic E-state index is 10.6. The van der Waals surface area contributed by atoms with Gasteiger partial charge in [-0.1, -0.05) is 45.4 Å². The molecule has 2 N–H and O–H groups in total. The van der Waals surface area contributed by atoms with Crippen molar-refractivity contribution in [1.82, 2.24) is 5.32 Å². The molecule has 0 aliphatic carbocycles. The van der Waals surface area contributed by atoms with Gasteiger partial charge in [0.2, 0.25) is 0 Å². The van der Waals surface area contributed by atoms with Crippen LogP contribution in [0.2, 0.25) is 0 Å². The highest BCUT2D eigenvalue weighted by Gasteiger charge is 2.68. The smallest absolute Gasteiger partial charge is 0.303 e. The lowest BCUT2D eigenvalue weighted by Gasteiger charge is -2.26. The molecule has 2 bridgehead atoms. The number of fused-ring (bicyclic) bond motifs is 5. The molecule has 144 valence electrons. The lowest BCUT2D eigenvalue weighted by Crippen LogP contribution is -2.39. The Bertz CT molecular complexity index is 430. The third-order valence-corrected chi connectivity index (χ3v) is 6.18. The van der Waals surface area contributed by atoms with Crippen LogP contribution >= 0.6 is 0 Å². The van der Waals surface area contributed by atoms with Crippen molar-refractivity contribution in [2.24, 2.45) is 11.8 Å². The molecule has 0 spiro atoms.